The number of carbonyl (C=O) groups is 2. The Labute approximate surface area is 260 Å². The molecule has 0 saturated carbocycles. The molecule has 0 unspecified atom stereocenters. The van der Waals surface area contributed by atoms with Crippen molar-refractivity contribution >= 4 is 11.8 Å². The molecular formula is C35H62O8. The molecule has 1 fully saturated rings. The van der Waals surface area contributed by atoms with E-state index in [0.717, 1.165) is 32.1 Å². The smallest absolute Gasteiger partial charge is 0.334 e. The van der Waals surface area contributed by atoms with E-state index in [-0.39, 0.29) is 30.1 Å². The second-order valence-corrected chi connectivity index (χ2v) is 13.0. The van der Waals surface area contributed by atoms with Gasteiger partial charge >= 0.3 is 5.97 Å². The maximum atomic E-state index is 12.1. The summed E-state index contributed by atoms with van der Waals surface area (Å²) < 4.78 is 11.0. The minimum Gasteiger partial charge on any atom is -0.455 e. The largest absolute Gasteiger partial charge is 0.455 e. The number of aliphatic hydroxyl groups excluding tert-OH is 4. The van der Waals surface area contributed by atoms with E-state index in [9.17, 15) is 30.0 Å². The normalized spacial score (nSPS) is 23.2. The average Bonchev–Trinajstić information content (AvgIpc) is 3.61. The number of Topliss-reactive ketones (excluding diaryl/α,β-unsaturated/α-hetero) is 1. The molecule has 0 radical (unpaired) electrons. The van der Waals surface area contributed by atoms with E-state index >= 15 is 0 Å². The van der Waals surface area contributed by atoms with Gasteiger partial charge in [0.2, 0.25) is 0 Å². The molecule has 0 aliphatic carbocycles. The number of unbranched alkanes of at least 4 members (excludes halogenated alkanes) is 10. The molecule has 0 aromatic carbocycles. The quantitative estimate of drug-likeness (QED) is 0.0668. The molecule has 4 N–H and O–H groups in total. The van der Waals surface area contributed by atoms with E-state index in [4.69, 9.17) is 9.47 Å². The molecule has 250 valence electrons. The van der Waals surface area contributed by atoms with Gasteiger partial charge in [-0.3, -0.25) is 4.79 Å². The molecule has 8 nitrogen and oxygen atoms in total. The summed E-state index contributed by atoms with van der Waals surface area (Å²) in [5, 5.41) is 41.9. The van der Waals surface area contributed by atoms with E-state index in [0.29, 0.717) is 63.4 Å². The van der Waals surface area contributed by atoms with Crippen LogP contribution in [0.4, 0.5) is 0 Å². The standard InChI is InChI=1S/C35H62O8/c1-3-4-5-6-7-8-9-10-11-12-18-31(39)33-23-24-34(43-33)32(40)20-15-19-30(38)29(37)17-14-13-16-28(36)22-21-27-25-26(2)42-35(27)41/h25-26,29-34,37-40H,3-24H2,1-2H3/t26-,29+,30-,31-,32+,33+,34-/m0/s1. The summed E-state index contributed by atoms with van der Waals surface area (Å²) >= 11 is 0. The van der Waals surface area contributed by atoms with Crippen LogP contribution in [0.25, 0.3) is 0 Å². The van der Waals surface area contributed by atoms with Crippen molar-refractivity contribution in [3.8, 4) is 0 Å². The predicted molar refractivity (Wildman–Crippen MR) is 169 cm³/mol. The van der Waals surface area contributed by atoms with E-state index in [1.807, 2.05) is 0 Å². The minimum absolute atomic E-state index is 0.0833. The molecule has 0 aromatic heterocycles. The van der Waals surface area contributed by atoms with Crippen molar-refractivity contribution < 1.29 is 39.5 Å². The Balaban J connectivity index is 1.46. The summed E-state index contributed by atoms with van der Waals surface area (Å²) in [4.78, 5) is 23.7. The number of ketones is 1. The lowest BCUT2D eigenvalue weighted by molar-refractivity contribution is -0.139. The van der Waals surface area contributed by atoms with Gasteiger partial charge in [0.15, 0.2) is 0 Å². The van der Waals surface area contributed by atoms with Crippen LogP contribution in [0, 0.1) is 0 Å². The summed E-state index contributed by atoms with van der Waals surface area (Å²) in [6.45, 7) is 4.04. The van der Waals surface area contributed by atoms with Crippen LogP contribution in [0.5, 0.6) is 0 Å². The molecule has 0 aromatic rings. The molecule has 2 heterocycles. The molecule has 0 amide bonds. The zero-order valence-electron chi connectivity index (χ0n) is 27.1. The predicted octanol–water partition coefficient (Wildman–Crippen LogP) is 6.24. The Morgan fingerprint density at radius 2 is 1.26 bits per heavy atom. The summed E-state index contributed by atoms with van der Waals surface area (Å²) in [5.74, 6) is -0.251. The molecular weight excluding hydrogens is 548 g/mol. The molecule has 8 heteroatoms. The van der Waals surface area contributed by atoms with Gasteiger partial charge in [0.25, 0.3) is 0 Å². The highest BCUT2D eigenvalue weighted by Crippen LogP contribution is 2.28. The second-order valence-electron chi connectivity index (χ2n) is 13.0. The van der Waals surface area contributed by atoms with E-state index in [2.05, 4.69) is 6.92 Å². The minimum atomic E-state index is -0.870. The highest BCUT2D eigenvalue weighted by atomic mass is 16.5. The zero-order valence-corrected chi connectivity index (χ0v) is 27.1. The SMILES string of the molecule is CCCCCCCCCCCC[C@H](O)[C@H]1CC[C@@H]([C@H](O)CCC[C@H](O)[C@H](O)CCCCC(=O)CCC2=C[C@H](C)OC2=O)O1. The summed E-state index contributed by atoms with van der Waals surface area (Å²) in [7, 11) is 0. The zero-order chi connectivity index (χ0) is 31.5. The molecule has 1 saturated heterocycles. The molecule has 43 heavy (non-hydrogen) atoms. The van der Waals surface area contributed by atoms with Crippen molar-refractivity contribution in [3.63, 3.8) is 0 Å². The topological polar surface area (TPSA) is 134 Å². The van der Waals surface area contributed by atoms with E-state index in [1.54, 1.807) is 13.0 Å². The summed E-state index contributed by atoms with van der Waals surface area (Å²) in [6.07, 6.45) is 17.3. The highest BCUT2D eigenvalue weighted by molar-refractivity contribution is 5.91. The molecule has 2 aliphatic heterocycles. The number of carbonyl (C=O) groups excluding carboxylic acids is 2. The summed E-state index contributed by atoms with van der Waals surface area (Å²) in [6, 6.07) is 0. The number of cyclic esters (lactones) is 1. The van der Waals surface area contributed by atoms with Gasteiger partial charge in [-0.1, -0.05) is 77.6 Å². The first-order valence-corrected chi connectivity index (χ1v) is 17.5. The third-order valence-corrected chi connectivity index (χ3v) is 9.11. The molecule has 7 atom stereocenters. The number of hydrogen-bond acceptors (Lipinski definition) is 8. The van der Waals surface area contributed by atoms with Crippen LogP contribution < -0.4 is 0 Å². The van der Waals surface area contributed by atoms with Gasteiger partial charge in [-0.05, 0) is 70.8 Å². The fourth-order valence-electron chi connectivity index (χ4n) is 6.28. The molecule has 0 spiro atoms. The van der Waals surface area contributed by atoms with Crippen molar-refractivity contribution in [1.82, 2.24) is 0 Å². The number of esters is 1. The van der Waals surface area contributed by atoms with Crippen LogP contribution >= 0.6 is 0 Å². The monoisotopic (exact) mass is 610 g/mol. The third-order valence-electron chi connectivity index (χ3n) is 9.11. The Morgan fingerprint density at radius 1 is 0.744 bits per heavy atom. The maximum absolute atomic E-state index is 12.1. The van der Waals surface area contributed by atoms with Crippen LogP contribution in [0.3, 0.4) is 0 Å². The lowest BCUT2D eigenvalue weighted by atomic mass is 9.97. The van der Waals surface area contributed by atoms with Crippen LogP contribution in [-0.2, 0) is 19.1 Å². The molecule has 2 aliphatic rings. The highest BCUT2D eigenvalue weighted by Gasteiger charge is 2.34. The second kappa shape index (κ2) is 22.2. The van der Waals surface area contributed by atoms with Crippen molar-refractivity contribution in [3.05, 3.63) is 11.6 Å². The van der Waals surface area contributed by atoms with Crippen LogP contribution in [0.1, 0.15) is 155 Å². The Hall–Kier alpha value is -1.32. The number of rotatable bonds is 26. The number of hydrogen-bond donors (Lipinski definition) is 4. The van der Waals surface area contributed by atoms with E-state index < -0.39 is 24.4 Å². The maximum Gasteiger partial charge on any atom is 0.334 e. The van der Waals surface area contributed by atoms with Gasteiger partial charge in [-0.2, -0.15) is 0 Å². The van der Waals surface area contributed by atoms with Gasteiger partial charge < -0.3 is 29.9 Å². The Kier molecular flexibility index (Phi) is 19.6. The summed E-state index contributed by atoms with van der Waals surface area (Å²) in [5.41, 5.74) is 0.570. The fourth-order valence-corrected chi connectivity index (χ4v) is 6.28. The van der Waals surface area contributed by atoms with Crippen molar-refractivity contribution in [2.75, 3.05) is 0 Å². The van der Waals surface area contributed by atoms with Gasteiger partial charge in [0.1, 0.15) is 11.9 Å². The lowest BCUT2D eigenvalue weighted by Crippen LogP contribution is -2.31. The molecule has 0 bridgehead atoms. The van der Waals surface area contributed by atoms with Crippen molar-refractivity contribution in [2.45, 2.75) is 198 Å². The Morgan fingerprint density at radius 3 is 1.81 bits per heavy atom. The first-order chi connectivity index (χ1) is 20.7. The lowest BCUT2D eigenvalue weighted by Gasteiger charge is -2.23. The van der Waals surface area contributed by atoms with Crippen LogP contribution in [0.2, 0.25) is 0 Å². The van der Waals surface area contributed by atoms with Gasteiger partial charge in [0.05, 0.1) is 36.6 Å². The van der Waals surface area contributed by atoms with Crippen molar-refractivity contribution in [1.29, 1.82) is 0 Å². The average molecular weight is 611 g/mol. The third kappa shape index (κ3) is 16.0. The fraction of sp³-hybridized carbons (Fsp3) is 0.886. The van der Waals surface area contributed by atoms with Crippen LogP contribution in [-0.4, -0.2) is 74.9 Å². The number of ether oxygens (including phenoxy) is 2. The first kappa shape index (κ1) is 37.9. The Bertz CT molecular complexity index is 799. The van der Waals surface area contributed by atoms with Crippen LogP contribution in [0.15, 0.2) is 11.6 Å². The van der Waals surface area contributed by atoms with Gasteiger partial charge in [-0.15, -0.1) is 0 Å². The van der Waals surface area contributed by atoms with Gasteiger partial charge in [0, 0.05) is 18.4 Å². The van der Waals surface area contributed by atoms with E-state index in [1.165, 1.54) is 51.4 Å². The van der Waals surface area contributed by atoms with Crippen molar-refractivity contribution in [2.24, 2.45) is 0 Å². The molecule has 2 rings (SSSR count). The van der Waals surface area contributed by atoms with Gasteiger partial charge in [-0.25, -0.2) is 4.79 Å². The number of aliphatic hydroxyl groups is 4. The first-order valence-electron chi connectivity index (χ1n) is 17.5.